The summed E-state index contributed by atoms with van der Waals surface area (Å²) >= 11 is 1.24. The van der Waals surface area contributed by atoms with Crippen LogP contribution in [0.15, 0.2) is 65.8 Å². The number of thioether (sulfide) groups is 1. The van der Waals surface area contributed by atoms with Crippen LogP contribution >= 0.6 is 11.8 Å². The van der Waals surface area contributed by atoms with Crippen LogP contribution in [0, 0.1) is 0 Å². The van der Waals surface area contributed by atoms with Gasteiger partial charge in [-0.25, -0.2) is 5.10 Å². The maximum Gasteiger partial charge on any atom is 0.242 e. The lowest BCUT2D eigenvalue weighted by Crippen LogP contribution is -2.19. The van der Waals surface area contributed by atoms with Crippen molar-refractivity contribution in [1.82, 2.24) is 15.2 Å². The number of amides is 1. The average molecular weight is 325 g/mol. The number of H-pyrrole nitrogens is 1. The van der Waals surface area contributed by atoms with E-state index >= 15 is 0 Å². The molecule has 6 nitrogen and oxygen atoms in total. The number of hydrogen-bond donors (Lipinski definition) is 3. The van der Waals surface area contributed by atoms with Crippen molar-refractivity contribution in [3.8, 4) is 0 Å². The number of carbonyl (C=O) groups excluding carboxylic acids is 1. The second-order valence-corrected chi connectivity index (χ2v) is 5.84. The quantitative estimate of drug-likeness (QED) is 0.627. The molecule has 23 heavy (non-hydrogen) atoms. The molecule has 0 spiro atoms. The van der Waals surface area contributed by atoms with Gasteiger partial charge in [-0.05, 0) is 17.7 Å². The van der Waals surface area contributed by atoms with Crippen molar-refractivity contribution in [2.24, 2.45) is 0 Å². The SMILES string of the molecule is Nc1nc(S[C@@H](C(=O)Nc2ccccc2)c2ccccc2)n[nH]1. The molecule has 1 atom stereocenters. The van der Waals surface area contributed by atoms with Gasteiger partial charge in [-0.1, -0.05) is 60.3 Å². The molecule has 0 aliphatic heterocycles. The summed E-state index contributed by atoms with van der Waals surface area (Å²) in [6, 6.07) is 18.8. The van der Waals surface area contributed by atoms with Gasteiger partial charge in [-0.3, -0.25) is 4.79 Å². The molecule has 0 fully saturated rings. The lowest BCUT2D eigenvalue weighted by Gasteiger charge is -2.15. The summed E-state index contributed by atoms with van der Waals surface area (Å²) in [5.74, 6) is 0.0820. The van der Waals surface area contributed by atoms with Gasteiger partial charge in [0.2, 0.25) is 17.0 Å². The van der Waals surface area contributed by atoms with Gasteiger partial charge in [0.1, 0.15) is 5.25 Å². The van der Waals surface area contributed by atoms with Gasteiger partial charge in [0.05, 0.1) is 0 Å². The first kappa shape index (κ1) is 15.1. The van der Waals surface area contributed by atoms with E-state index in [1.54, 1.807) is 0 Å². The zero-order valence-corrected chi connectivity index (χ0v) is 13.0. The highest BCUT2D eigenvalue weighted by molar-refractivity contribution is 8.00. The predicted octanol–water partition coefficient (Wildman–Crippen LogP) is 2.86. The minimum atomic E-state index is -0.480. The Balaban J connectivity index is 1.84. The number of nitrogens with one attached hydrogen (secondary N) is 2. The molecule has 0 saturated heterocycles. The normalized spacial score (nSPS) is 11.8. The zero-order valence-electron chi connectivity index (χ0n) is 12.1. The maximum atomic E-state index is 12.7. The fourth-order valence-corrected chi connectivity index (χ4v) is 2.97. The third-order valence-electron chi connectivity index (χ3n) is 3.09. The number of nitrogens with zero attached hydrogens (tertiary/aromatic N) is 2. The molecule has 0 radical (unpaired) electrons. The van der Waals surface area contributed by atoms with E-state index < -0.39 is 5.25 Å². The zero-order chi connectivity index (χ0) is 16.1. The van der Waals surface area contributed by atoms with E-state index in [1.165, 1.54) is 11.8 Å². The molecule has 1 heterocycles. The van der Waals surface area contributed by atoms with Crippen LogP contribution in [0.1, 0.15) is 10.8 Å². The van der Waals surface area contributed by atoms with Crippen molar-refractivity contribution in [2.75, 3.05) is 11.1 Å². The van der Waals surface area contributed by atoms with Crippen molar-refractivity contribution >= 4 is 29.3 Å². The Morgan fingerprint density at radius 3 is 2.35 bits per heavy atom. The first-order chi connectivity index (χ1) is 11.2. The Morgan fingerprint density at radius 1 is 1.09 bits per heavy atom. The summed E-state index contributed by atoms with van der Waals surface area (Å²) in [5, 5.41) is 9.43. The van der Waals surface area contributed by atoms with E-state index in [9.17, 15) is 4.79 Å². The highest BCUT2D eigenvalue weighted by atomic mass is 32.2. The van der Waals surface area contributed by atoms with Crippen molar-refractivity contribution in [3.63, 3.8) is 0 Å². The van der Waals surface area contributed by atoms with Gasteiger partial charge in [0, 0.05) is 5.69 Å². The van der Waals surface area contributed by atoms with Crippen molar-refractivity contribution in [3.05, 3.63) is 66.2 Å². The van der Waals surface area contributed by atoms with Gasteiger partial charge in [0.25, 0.3) is 0 Å². The third-order valence-corrected chi connectivity index (χ3v) is 4.20. The molecule has 2 aromatic carbocycles. The molecule has 0 unspecified atom stereocenters. The van der Waals surface area contributed by atoms with Crippen LogP contribution < -0.4 is 11.1 Å². The van der Waals surface area contributed by atoms with Crippen LogP contribution in [0.2, 0.25) is 0 Å². The molecule has 116 valence electrons. The maximum absolute atomic E-state index is 12.7. The van der Waals surface area contributed by atoms with E-state index in [-0.39, 0.29) is 11.9 Å². The van der Waals surface area contributed by atoms with Crippen molar-refractivity contribution in [2.45, 2.75) is 10.4 Å². The van der Waals surface area contributed by atoms with E-state index in [1.807, 2.05) is 60.7 Å². The molecule has 3 aromatic rings. The molecule has 1 amide bonds. The molecular weight excluding hydrogens is 310 g/mol. The highest BCUT2D eigenvalue weighted by Gasteiger charge is 2.24. The summed E-state index contributed by atoms with van der Waals surface area (Å²) in [6.45, 7) is 0. The number of nitrogens with two attached hydrogens (primary N) is 1. The van der Waals surface area contributed by atoms with E-state index in [0.29, 0.717) is 5.16 Å². The number of para-hydroxylation sites is 1. The second-order valence-electron chi connectivity index (χ2n) is 4.77. The van der Waals surface area contributed by atoms with Crippen LogP contribution in [0.3, 0.4) is 0 Å². The van der Waals surface area contributed by atoms with Crippen LogP contribution in [0.4, 0.5) is 11.6 Å². The summed E-state index contributed by atoms with van der Waals surface area (Å²) in [6.07, 6.45) is 0. The Morgan fingerprint density at radius 2 is 1.74 bits per heavy atom. The monoisotopic (exact) mass is 325 g/mol. The van der Waals surface area contributed by atoms with Gasteiger partial charge >= 0.3 is 0 Å². The summed E-state index contributed by atoms with van der Waals surface area (Å²) in [4.78, 5) is 16.8. The number of nitrogen functional groups attached to an aromatic ring is 1. The fraction of sp³-hybridized carbons (Fsp3) is 0.0625. The first-order valence-corrected chi connectivity index (χ1v) is 7.86. The highest BCUT2D eigenvalue weighted by Crippen LogP contribution is 2.34. The predicted molar refractivity (Wildman–Crippen MR) is 90.9 cm³/mol. The largest absolute Gasteiger partial charge is 0.368 e. The molecule has 0 aliphatic rings. The van der Waals surface area contributed by atoms with Gasteiger partial charge in [-0.15, -0.1) is 5.10 Å². The summed E-state index contributed by atoms with van der Waals surface area (Å²) in [7, 11) is 0. The van der Waals surface area contributed by atoms with Gasteiger partial charge in [-0.2, -0.15) is 4.98 Å². The Kier molecular flexibility index (Phi) is 4.58. The molecule has 0 saturated carbocycles. The second kappa shape index (κ2) is 6.97. The third kappa shape index (κ3) is 3.89. The van der Waals surface area contributed by atoms with Crippen molar-refractivity contribution in [1.29, 1.82) is 0 Å². The van der Waals surface area contributed by atoms with Crippen LogP contribution in [0.5, 0.6) is 0 Å². The van der Waals surface area contributed by atoms with E-state index in [0.717, 1.165) is 11.3 Å². The molecule has 0 bridgehead atoms. The summed E-state index contributed by atoms with van der Waals surface area (Å²) in [5.41, 5.74) is 7.16. The van der Waals surface area contributed by atoms with Gasteiger partial charge < -0.3 is 11.1 Å². The van der Waals surface area contributed by atoms with E-state index in [2.05, 4.69) is 20.5 Å². The minimum absolute atomic E-state index is 0.143. The number of benzene rings is 2. The molecule has 7 heteroatoms. The Labute approximate surface area is 137 Å². The molecular formula is C16H15N5OS. The lowest BCUT2D eigenvalue weighted by atomic mass is 10.1. The van der Waals surface area contributed by atoms with Gasteiger partial charge in [0.15, 0.2) is 0 Å². The number of hydrogen-bond acceptors (Lipinski definition) is 5. The van der Waals surface area contributed by atoms with Crippen LogP contribution in [0.25, 0.3) is 0 Å². The Bertz CT molecular complexity index is 775. The van der Waals surface area contributed by atoms with E-state index in [4.69, 9.17) is 5.73 Å². The number of carbonyl (C=O) groups is 1. The Hall–Kier alpha value is -2.80. The lowest BCUT2D eigenvalue weighted by molar-refractivity contribution is -0.115. The number of aromatic amines is 1. The molecule has 1 aromatic heterocycles. The molecule has 3 rings (SSSR count). The average Bonchev–Trinajstić information content (AvgIpc) is 2.99. The number of rotatable bonds is 5. The first-order valence-electron chi connectivity index (χ1n) is 6.98. The minimum Gasteiger partial charge on any atom is -0.368 e. The standard InChI is InChI=1S/C16H15N5OS/c17-15-19-16(21-20-15)23-13(11-7-3-1-4-8-11)14(22)18-12-9-5-2-6-10-12/h1-10,13H,(H,18,22)(H3,17,19,20,21)/t13-/m1/s1. The summed E-state index contributed by atoms with van der Waals surface area (Å²) < 4.78 is 0. The number of aromatic nitrogens is 3. The molecule has 0 aliphatic carbocycles. The number of anilines is 2. The van der Waals surface area contributed by atoms with Crippen LogP contribution in [-0.4, -0.2) is 21.1 Å². The topological polar surface area (TPSA) is 96.7 Å². The fourth-order valence-electron chi connectivity index (χ4n) is 2.05. The van der Waals surface area contributed by atoms with Crippen molar-refractivity contribution < 1.29 is 4.79 Å². The smallest absolute Gasteiger partial charge is 0.242 e. The van der Waals surface area contributed by atoms with Crippen LogP contribution in [-0.2, 0) is 4.79 Å². The molecule has 4 N–H and O–H groups in total.